The lowest BCUT2D eigenvalue weighted by molar-refractivity contribution is -0.383. The first kappa shape index (κ1) is 24.6. The van der Waals surface area contributed by atoms with Crippen LogP contribution in [0.1, 0.15) is 26.3 Å². The van der Waals surface area contributed by atoms with Crippen LogP contribution in [0, 0.1) is 10.1 Å². The van der Waals surface area contributed by atoms with Gasteiger partial charge in [-0.1, -0.05) is 30.3 Å². The maximum Gasteiger partial charge on any atom is 0.355 e. The van der Waals surface area contributed by atoms with Crippen LogP contribution in [0.15, 0.2) is 54.9 Å². The van der Waals surface area contributed by atoms with Crippen molar-refractivity contribution in [1.29, 1.82) is 0 Å². The average Bonchev–Trinajstić information content (AvgIpc) is 2.86. The van der Waals surface area contributed by atoms with E-state index in [-0.39, 0.29) is 34.9 Å². The molecule has 13 heteroatoms. The van der Waals surface area contributed by atoms with Crippen LogP contribution in [-0.4, -0.2) is 47.0 Å². The summed E-state index contributed by atoms with van der Waals surface area (Å²) < 4.78 is 9.37. The molecule has 0 bridgehead atoms. The van der Waals surface area contributed by atoms with Gasteiger partial charge in [-0.15, -0.1) is 0 Å². The van der Waals surface area contributed by atoms with Gasteiger partial charge in [0, 0.05) is 5.69 Å². The van der Waals surface area contributed by atoms with Crippen molar-refractivity contribution in [2.75, 3.05) is 25.0 Å². The zero-order valence-electron chi connectivity index (χ0n) is 18.6. The zero-order valence-corrected chi connectivity index (χ0v) is 18.6. The second kappa shape index (κ2) is 11.2. The summed E-state index contributed by atoms with van der Waals surface area (Å²) in [6.45, 7) is 0. The van der Waals surface area contributed by atoms with Crippen LogP contribution in [0.5, 0.6) is 0 Å². The molecule has 0 aliphatic carbocycles. The van der Waals surface area contributed by atoms with E-state index < -0.39 is 28.5 Å². The number of esters is 2. The minimum absolute atomic E-state index is 0.00105. The van der Waals surface area contributed by atoms with Crippen molar-refractivity contribution >= 4 is 40.9 Å². The molecule has 1 amide bonds. The Morgan fingerprint density at radius 2 is 1.54 bits per heavy atom. The van der Waals surface area contributed by atoms with Crippen molar-refractivity contribution in [3.63, 3.8) is 0 Å². The van der Waals surface area contributed by atoms with Gasteiger partial charge in [0.15, 0.2) is 0 Å². The molecule has 0 atom stereocenters. The van der Waals surface area contributed by atoms with E-state index in [1.807, 2.05) is 6.07 Å². The Balaban J connectivity index is 1.87. The van der Waals surface area contributed by atoms with Crippen LogP contribution in [-0.2, 0) is 20.7 Å². The van der Waals surface area contributed by atoms with Crippen LogP contribution in [0.4, 0.5) is 23.0 Å². The summed E-state index contributed by atoms with van der Waals surface area (Å²) in [5.41, 5.74) is 5.08. The summed E-state index contributed by atoms with van der Waals surface area (Å²) in [5, 5.41) is 14.5. The Kier molecular flexibility index (Phi) is 7.85. The van der Waals surface area contributed by atoms with E-state index in [0.29, 0.717) is 0 Å². The number of amides is 1. The smallest absolute Gasteiger partial charge is 0.355 e. The van der Waals surface area contributed by atoms with Gasteiger partial charge in [0.25, 0.3) is 0 Å². The molecule has 0 aliphatic heterocycles. The number of hydrogen-bond acceptors (Lipinski definition) is 11. The highest BCUT2D eigenvalue weighted by Crippen LogP contribution is 2.31. The summed E-state index contributed by atoms with van der Waals surface area (Å²) in [7, 11) is 2.33. The number of nitrogens with one attached hydrogen (secondary N) is 3. The fourth-order valence-electron chi connectivity index (χ4n) is 3.00. The highest BCUT2D eigenvalue weighted by molar-refractivity contribution is 5.97. The van der Waals surface area contributed by atoms with Crippen LogP contribution in [0.2, 0.25) is 0 Å². The summed E-state index contributed by atoms with van der Waals surface area (Å²) >= 11 is 0. The molecule has 1 heterocycles. The third-order valence-corrected chi connectivity index (χ3v) is 4.57. The number of hydrogen-bond donors (Lipinski definition) is 3. The van der Waals surface area contributed by atoms with Gasteiger partial charge >= 0.3 is 17.6 Å². The lowest BCUT2D eigenvalue weighted by atomic mass is 10.1. The van der Waals surface area contributed by atoms with Gasteiger partial charge in [-0.25, -0.2) is 19.6 Å². The molecule has 0 spiro atoms. The second-order valence-corrected chi connectivity index (χ2v) is 6.92. The van der Waals surface area contributed by atoms with Crippen molar-refractivity contribution in [2.24, 2.45) is 0 Å². The Bertz CT molecular complexity index is 1230. The molecule has 3 rings (SSSR count). The molecule has 3 N–H and O–H groups in total. The largest absolute Gasteiger partial charge is 0.465 e. The molecule has 0 unspecified atom stereocenters. The van der Waals surface area contributed by atoms with E-state index in [2.05, 4.69) is 35.6 Å². The molecule has 1 aromatic heterocycles. The fourth-order valence-corrected chi connectivity index (χ4v) is 3.00. The van der Waals surface area contributed by atoms with E-state index in [1.54, 1.807) is 24.3 Å². The van der Waals surface area contributed by atoms with Crippen molar-refractivity contribution in [2.45, 2.75) is 6.42 Å². The number of nitro groups is 1. The first-order chi connectivity index (χ1) is 16.8. The molecule has 0 fully saturated rings. The molecule has 0 radical (unpaired) electrons. The van der Waals surface area contributed by atoms with Gasteiger partial charge in [0.05, 0.1) is 36.7 Å². The zero-order chi connectivity index (χ0) is 25.4. The number of anilines is 3. The summed E-state index contributed by atoms with van der Waals surface area (Å²) in [6, 6.07) is 12.8. The summed E-state index contributed by atoms with van der Waals surface area (Å²) in [4.78, 5) is 55.0. The molecule has 180 valence electrons. The number of rotatable bonds is 9. The molecular weight excluding hydrogens is 460 g/mol. The normalized spacial score (nSPS) is 10.1. The number of methoxy groups -OCH3 is 2. The lowest BCUT2D eigenvalue weighted by Crippen LogP contribution is -2.31. The topological polar surface area (TPSA) is 175 Å². The van der Waals surface area contributed by atoms with Gasteiger partial charge in [-0.3, -0.25) is 25.8 Å². The fraction of sp³-hybridized carbons (Fsp3) is 0.136. The molecule has 0 aliphatic rings. The molecular formula is C22H20N6O7. The molecule has 2 aromatic carbocycles. The van der Waals surface area contributed by atoms with Crippen molar-refractivity contribution in [3.8, 4) is 0 Å². The van der Waals surface area contributed by atoms with Gasteiger partial charge in [0.2, 0.25) is 17.5 Å². The SMILES string of the molecule is COC(=O)c1cc(Nc2ncnc(NNC(=O)Cc3ccccc3)c2[N+](=O)[O-])cc(C(=O)OC)c1. The highest BCUT2D eigenvalue weighted by Gasteiger charge is 2.24. The molecule has 0 saturated heterocycles. The van der Waals surface area contributed by atoms with Crippen molar-refractivity contribution in [1.82, 2.24) is 15.4 Å². The summed E-state index contributed by atoms with van der Waals surface area (Å²) in [5.74, 6) is -2.47. The number of carbonyl (C=O) groups is 3. The quantitative estimate of drug-likeness (QED) is 0.233. The number of hydrazine groups is 1. The molecule has 3 aromatic rings. The number of ether oxygens (including phenoxy) is 2. The predicted octanol–water partition coefficient (Wildman–Crippen LogP) is 2.39. The van der Waals surface area contributed by atoms with Crippen LogP contribution in [0.25, 0.3) is 0 Å². The number of benzene rings is 2. The summed E-state index contributed by atoms with van der Waals surface area (Å²) in [6.07, 6.45) is 1.07. The van der Waals surface area contributed by atoms with Crippen LogP contribution >= 0.6 is 0 Å². The monoisotopic (exact) mass is 480 g/mol. The van der Waals surface area contributed by atoms with Gasteiger partial charge in [-0.05, 0) is 23.8 Å². The van der Waals surface area contributed by atoms with E-state index in [0.717, 1.165) is 11.9 Å². The number of carbonyl (C=O) groups excluding carboxylic acids is 3. The standard InChI is InChI=1S/C22H20N6O7/c1-34-21(30)14-9-15(22(31)35-2)11-16(10-14)25-19-18(28(32)33)20(24-12-23-19)27-26-17(29)8-13-6-4-3-5-7-13/h3-7,9-12H,8H2,1-2H3,(H,26,29)(H2,23,24,25,27). The minimum Gasteiger partial charge on any atom is -0.465 e. The number of aromatic nitrogens is 2. The average molecular weight is 480 g/mol. The van der Waals surface area contributed by atoms with E-state index in [9.17, 15) is 24.5 Å². The highest BCUT2D eigenvalue weighted by atomic mass is 16.6. The second-order valence-electron chi connectivity index (χ2n) is 6.92. The van der Waals surface area contributed by atoms with E-state index in [4.69, 9.17) is 0 Å². The maximum absolute atomic E-state index is 12.2. The van der Waals surface area contributed by atoms with Gasteiger partial charge in [-0.2, -0.15) is 0 Å². The minimum atomic E-state index is -0.751. The lowest BCUT2D eigenvalue weighted by Gasteiger charge is -2.12. The first-order valence-corrected chi connectivity index (χ1v) is 9.99. The Morgan fingerprint density at radius 3 is 2.11 bits per heavy atom. The Hall–Kier alpha value is -5.07. The number of nitrogens with zero attached hydrogens (tertiary/aromatic N) is 3. The van der Waals surface area contributed by atoms with E-state index >= 15 is 0 Å². The Morgan fingerprint density at radius 1 is 0.943 bits per heavy atom. The van der Waals surface area contributed by atoms with Crippen molar-refractivity contribution in [3.05, 3.63) is 81.7 Å². The molecule has 13 nitrogen and oxygen atoms in total. The first-order valence-electron chi connectivity index (χ1n) is 9.99. The molecule has 35 heavy (non-hydrogen) atoms. The van der Waals surface area contributed by atoms with Crippen LogP contribution < -0.4 is 16.2 Å². The van der Waals surface area contributed by atoms with Gasteiger partial charge < -0.3 is 14.8 Å². The van der Waals surface area contributed by atoms with Gasteiger partial charge in [0.1, 0.15) is 6.33 Å². The predicted molar refractivity (Wildman–Crippen MR) is 123 cm³/mol. The Labute approximate surface area is 198 Å². The van der Waals surface area contributed by atoms with Crippen molar-refractivity contribution < 1.29 is 28.8 Å². The van der Waals surface area contributed by atoms with E-state index in [1.165, 1.54) is 32.4 Å². The third kappa shape index (κ3) is 6.25. The van der Waals surface area contributed by atoms with Crippen LogP contribution in [0.3, 0.4) is 0 Å². The maximum atomic E-state index is 12.2. The molecule has 0 saturated carbocycles. The third-order valence-electron chi connectivity index (χ3n) is 4.57.